The normalized spacial score (nSPS) is 19.1. The van der Waals surface area contributed by atoms with Gasteiger partial charge in [0.2, 0.25) is 18.4 Å². The van der Waals surface area contributed by atoms with Crippen LogP contribution in [0.15, 0.2) is 37.1 Å². The Morgan fingerprint density at radius 1 is 1.13 bits per heavy atom. The number of anilines is 2. The lowest BCUT2D eigenvalue weighted by Gasteiger charge is -2.54. The molecule has 3 saturated heterocycles. The predicted molar refractivity (Wildman–Crippen MR) is 204 cm³/mol. The maximum absolute atomic E-state index is 14.1. The number of fused-ring (bicyclic) bond motifs is 2. The van der Waals surface area contributed by atoms with Crippen molar-refractivity contribution in [2.75, 3.05) is 89.5 Å². The first-order valence-corrected chi connectivity index (χ1v) is 18.8. The van der Waals surface area contributed by atoms with Crippen molar-refractivity contribution in [3.63, 3.8) is 0 Å². The van der Waals surface area contributed by atoms with E-state index in [0.29, 0.717) is 80.7 Å². The second-order valence-electron chi connectivity index (χ2n) is 15.9. The Bertz CT molecular complexity index is 2170. The van der Waals surface area contributed by atoms with Crippen molar-refractivity contribution in [3.8, 4) is 16.9 Å². The number of benzene rings is 2. The number of hydrogen-bond donors (Lipinski definition) is 1. The Morgan fingerprint density at radius 2 is 1.87 bits per heavy atom. The van der Waals surface area contributed by atoms with E-state index in [1.165, 1.54) is 6.08 Å². The van der Waals surface area contributed by atoms with Gasteiger partial charge in [0.15, 0.2) is 12.4 Å². The standard InChI is InChI=1S/C40H46F3N9O3/c1-6-31(53)51-20-38(21-51)11-13-50(14-12-38)36-28-17-27(26-8-9-26)33(32-25(2)7-10-30-29(32)18-45-48-30)35(55-24-40(41,42)43)34(28)46-37(47-36)52-22-39(23-52,19-44-3)49(4)15-16-54-5/h6-7,10,17-18,26H,1,8-9,11-16,19-24H2,2,4-5H3,(H,45,48). The zero-order valence-corrected chi connectivity index (χ0v) is 31.5. The Morgan fingerprint density at radius 3 is 2.53 bits per heavy atom. The summed E-state index contributed by atoms with van der Waals surface area (Å²) < 4.78 is 53.7. The van der Waals surface area contributed by atoms with Gasteiger partial charge < -0.3 is 29.0 Å². The highest BCUT2D eigenvalue weighted by Gasteiger charge is 2.51. The van der Waals surface area contributed by atoms with Crippen molar-refractivity contribution in [1.29, 1.82) is 0 Å². The molecule has 1 saturated carbocycles. The van der Waals surface area contributed by atoms with Crippen LogP contribution >= 0.6 is 0 Å². The zero-order chi connectivity index (χ0) is 38.7. The van der Waals surface area contributed by atoms with E-state index in [9.17, 15) is 18.0 Å². The first-order chi connectivity index (χ1) is 26.4. The third-order valence-electron chi connectivity index (χ3n) is 12.2. The predicted octanol–water partition coefficient (Wildman–Crippen LogP) is 5.97. The third-order valence-corrected chi connectivity index (χ3v) is 12.2. The quantitative estimate of drug-likeness (QED) is 0.138. The minimum absolute atomic E-state index is 0.0125. The number of carbonyl (C=O) groups is 1. The number of nitrogens with zero attached hydrogens (tertiary/aromatic N) is 8. The van der Waals surface area contributed by atoms with Crippen LogP contribution in [-0.2, 0) is 9.53 Å². The largest absolute Gasteiger partial charge is 0.481 e. The second-order valence-corrected chi connectivity index (χ2v) is 15.9. The van der Waals surface area contributed by atoms with Crippen LogP contribution in [-0.4, -0.2) is 127 Å². The van der Waals surface area contributed by atoms with Crippen molar-refractivity contribution >= 4 is 39.5 Å². The van der Waals surface area contributed by atoms with E-state index in [1.54, 1.807) is 13.3 Å². The van der Waals surface area contributed by atoms with Crippen molar-refractivity contribution < 1.29 is 27.4 Å². The van der Waals surface area contributed by atoms with Crippen molar-refractivity contribution in [1.82, 2.24) is 30.0 Å². The van der Waals surface area contributed by atoms with Crippen molar-refractivity contribution in [2.24, 2.45) is 5.41 Å². The number of likely N-dealkylation sites (tertiary alicyclic amines) is 1. The SMILES string of the molecule is [C-]#[N+]CC1(N(C)CCOC)CN(c2nc(N3CCC4(CC3)CN(C(=O)C=C)C4)c3cc(C4CC4)c(-c4c(C)ccc5[nH]ncc45)c(OCC(F)(F)F)c3n2)C1. The van der Waals surface area contributed by atoms with Crippen LogP contribution in [0.3, 0.4) is 0 Å². The number of amides is 1. The number of nitrogens with one attached hydrogen (secondary N) is 1. The molecule has 1 amide bonds. The molecule has 1 spiro atoms. The highest BCUT2D eigenvalue weighted by Crippen LogP contribution is 2.53. The smallest absolute Gasteiger partial charge is 0.422 e. The van der Waals surface area contributed by atoms with E-state index >= 15 is 0 Å². The average molecular weight is 758 g/mol. The number of methoxy groups -OCH3 is 1. The van der Waals surface area contributed by atoms with Gasteiger partial charge in [0.1, 0.15) is 16.9 Å². The zero-order valence-electron chi connectivity index (χ0n) is 31.5. The van der Waals surface area contributed by atoms with Gasteiger partial charge in [-0.3, -0.25) is 14.8 Å². The third kappa shape index (κ3) is 6.73. The summed E-state index contributed by atoms with van der Waals surface area (Å²) in [6, 6.07) is 5.97. The first kappa shape index (κ1) is 37.0. The lowest BCUT2D eigenvalue weighted by Crippen LogP contribution is -2.71. The molecule has 12 nitrogen and oxygen atoms in total. The molecule has 4 fully saturated rings. The van der Waals surface area contributed by atoms with Gasteiger partial charge in [-0.05, 0) is 80.5 Å². The number of alkyl halides is 3. The van der Waals surface area contributed by atoms with E-state index in [4.69, 9.17) is 26.0 Å². The van der Waals surface area contributed by atoms with Gasteiger partial charge in [0, 0.05) is 74.7 Å². The number of aromatic nitrogens is 4. The van der Waals surface area contributed by atoms with E-state index in [2.05, 4.69) is 37.5 Å². The molecule has 290 valence electrons. The van der Waals surface area contributed by atoms with Gasteiger partial charge in [-0.2, -0.15) is 23.3 Å². The number of aromatic amines is 1. The first-order valence-electron chi connectivity index (χ1n) is 18.8. The number of hydrogen-bond acceptors (Lipinski definition) is 9. The molecule has 1 aliphatic carbocycles. The fourth-order valence-electron chi connectivity index (χ4n) is 8.78. The molecule has 15 heteroatoms. The number of halogens is 3. The Balaban J connectivity index is 1.29. The summed E-state index contributed by atoms with van der Waals surface area (Å²) in [5, 5.41) is 8.76. The molecule has 4 aromatic rings. The highest BCUT2D eigenvalue weighted by molar-refractivity contribution is 6.06. The molecular weight excluding hydrogens is 711 g/mol. The Labute approximate surface area is 318 Å². The Kier molecular flexibility index (Phi) is 9.40. The number of rotatable bonds is 12. The summed E-state index contributed by atoms with van der Waals surface area (Å²) in [5.74, 6) is 1.21. The van der Waals surface area contributed by atoms with Crippen LogP contribution in [0.2, 0.25) is 0 Å². The maximum Gasteiger partial charge on any atom is 0.422 e. The summed E-state index contributed by atoms with van der Waals surface area (Å²) in [6.07, 6.45) is 1.97. The molecule has 8 rings (SSSR count). The summed E-state index contributed by atoms with van der Waals surface area (Å²) in [4.78, 5) is 34.6. The lowest BCUT2D eigenvalue weighted by atomic mass is 9.72. The van der Waals surface area contributed by atoms with Crippen LogP contribution in [0.25, 0.3) is 37.8 Å². The molecule has 1 N–H and O–H groups in total. The minimum Gasteiger partial charge on any atom is -0.481 e. The number of ether oxygens (including phenoxy) is 2. The van der Waals surface area contributed by atoms with Gasteiger partial charge in [-0.25, -0.2) is 11.6 Å². The van der Waals surface area contributed by atoms with Crippen LogP contribution in [0.1, 0.15) is 42.7 Å². The summed E-state index contributed by atoms with van der Waals surface area (Å²) >= 11 is 0. The molecule has 0 unspecified atom stereocenters. The van der Waals surface area contributed by atoms with Gasteiger partial charge >= 0.3 is 6.18 Å². The van der Waals surface area contributed by atoms with E-state index in [-0.39, 0.29) is 29.5 Å². The average Bonchev–Trinajstić information content (AvgIpc) is 3.88. The summed E-state index contributed by atoms with van der Waals surface area (Å²) in [6.45, 7) is 16.9. The number of piperidine rings is 1. The summed E-state index contributed by atoms with van der Waals surface area (Å²) in [5.41, 5.74) is 3.85. The lowest BCUT2D eigenvalue weighted by molar-refractivity contribution is -0.153. The molecule has 4 aliphatic rings. The molecule has 3 aliphatic heterocycles. The maximum atomic E-state index is 14.1. The monoisotopic (exact) mass is 757 g/mol. The van der Waals surface area contributed by atoms with E-state index < -0.39 is 18.3 Å². The fraction of sp³-hybridized carbons (Fsp3) is 0.525. The van der Waals surface area contributed by atoms with Gasteiger partial charge in [0.25, 0.3) is 0 Å². The molecule has 55 heavy (non-hydrogen) atoms. The molecule has 2 aromatic heterocycles. The molecular formula is C40H46F3N9O3. The van der Waals surface area contributed by atoms with Crippen LogP contribution < -0.4 is 14.5 Å². The molecule has 5 heterocycles. The number of likely N-dealkylation sites (N-methyl/N-ethyl adjacent to an activating group) is 1. The number of aryl methyl sites for hydroxylation is 1. The van der Waals surface area contributed by atoms with Crippen LogP contribution in [0.4, 0.5) is 24.9 Å². The van der Waals surface area contributed by atoms with Crippen LogP contribution in [0, 0.1) is 18.9 Å². The van der Waals surface area contributed by atoms with Crippen molar-refractivity contribution in [2.45, 2.75) is 50.2 Å². The second kappa shape index (κ2) is 14.0. The van der Waals surface area contributed by atoms with Gasteiger partial charge in [-0.15, -0.1) is 0 Å². The molecule has 0 radical (unpaired) electrons. The topological polar surface area (TPSA) is 107 Å². The molecule has 0 atom stereocenters. The molecule has 0 bridgehead atoms. The van der Waals surface area contributed by atoms with E-state index in [1.807, 2.05) is 35.9 Å². The van der Waals surface area contributed by atoms with E-state index in [0.717, 1.165) is 53.3 Å². The van der Waals surface area contributed by atoms with Gasteiger partial charge in [0.05, 0.1) is 18.3 Å². The van der Waals surface area contributed by atoms with Crippen LogP contribution in [0.5, 0.6) is 5.75 Å². The Hall–Kier alpha value is -4.94. The van der Waals surface area contributed by atoms with Gasteiger partial charge in [-0.1, -0.05) is 12.6 Å². The fourth-order valence-corrected chi connectivity index (χ4v) is 8.78. The highest BCUT2D eigenvalue weighted by atomic mass is 19.4. The minimum atomic E-state index is -4.59. The number of carbonyl (C=O) groups excluding carboxylic acids is 1. The van der Waals surface area contributed by atoms with Crippen molar-refractivity contribution in [3.05, 3.63) is 59.6 Å². The molecule has 2 aromatic carbocycles. The summed E-state index contributed by atoms with van der Waals surface area (Å²) in [7, 11) is 3.63. The number of H-pyrrole nitrogens is 1.